The molecular weight excluding hydrogens is 268 g/mol. The van der Waals surface area contributed by atoms with E-state index in [1.807, 2.05) is 0 Å². The molecule has 0 aromatic rings. The Kier molecular flexibility index (Phi) is 3.54. The van der Waals surface area contributed by atoms with E-state index in [1.165, 1.54) is 0 Å². The minimum absolute atomic E-state index is 0.0175. The average molecular weight is 290 g/mol. The molecule has 21 heavy (non-hydrogen) atoms. The molecule has 0 aromatic carbocycles. The van der Waals surface area contributed by atoms with Crippen molar-refractivity contribution in [2.24, 2.45) is 17.3 Å². The van der Waals surface area contributed by atoms with Crippen LogP contribution < -0.4 is 0 Å². The van der Waals surface area contributed by atoms with Crippen LogP contribution >= 0.6 is 0 Å². The van der Waals surface area contributed by atoms with Gasteiger partial charge in [-0.25, -0.2) is 0 Å². The number of amides is 1. The third kappa shape index (κ3) is 2.09. The Balaban J connectivity index is 1.96. The van der Waals surface area contributed by atoms with Gasteiger partial charge in [-0.1, -0.05) is 6.08 Å². The minimum Gasteiger partial charge on any atom is -0.348 e. The first-order valence-corrected chi connectivity index (χ1v) is 7.62. The van der Waals surface area contributed by atoms with E-state index in [0.29, 0.717) is 32.0 Å². The average Bonchev–Trinajstić information content (AvgIpc) is 2.93. The zero-order chi connectivity index (χ0) is 15.1. The highest BCUT2D eigenvalue weighted by Gasteiger charge is 2.59. The van der Waals surface area contributed by atoms with Crippen molar-refractivity contribution in [1.29, 1.82) is 5.26 Å². The molecule has 1 spiro atoms. The molecule has 3 rings (SSSR count). The number of carbonyl (C=O) groups is 1. The summed E-state index contributed by atoms with van der Waals surface area (Å²) in [6.45, 7) is 5.68. The van der Waals surface area contributed by atoms with Gasteiger partial charge in [0.1, 0.15) is 5.41 Å². The first-order valence-electron chi connectivity index (χ1n) is 7.62. The van der Waals surface area contributed by atoms with Crippen molar-refractivity contribution in [2.75, 3.05) is 26.8 Å². The molecule has 0 bridgehead atoms. The first-order chi connectivity index (χ1) is 10.1. The maximum Gasteiger partial charge on any atom is 0.243 e. The van der Waals surface area contributed by atoms with Crippen molar-refractivity contribution >= 4 is 5.91 Å². The third-order valence-corrected chi connectivity index (χ3v) is 5.35. The Morgan fingerprint density at radius 2 is 2.24 bits per heavy atom. The summed E-state index contributed by atoms with van der Waals surface area (Å²) in [4.78, 5) is 14.4. The zero-order valence-corrected chi connectivity index (χ0v) is 12.5. The second-order valence-corrected chi connectivity index (χ2v) is 6.48. The first kappa shape index (κ1) is 14.6. The van der Waals surface area contributed by atoms with Crippen molar-refractivity contribution in [1.82, 2.24) is 4.90 Å². The molecule has 0 N–H and O–H groups in total. The van der Waals surface area contributed by atoms with E-state index in [2.05, 4.69) is 12.6 Å². The van der Waals surface area contributed by atoms with E-state index in [9.17, 15) is 10.1 Å². The third-order valence-electron chi connectivity index (χ3n) is 5.35. The second-order valence-electron chi connectivity index (χ2n) is 6.48. The second kappa shape index (κ2) is 5.11. The zero-order valence-electron chi connectivity index (χ0n) is 12.5. The van der Waals surface area contributed by atoms with E-state index in [0.717, 1.165) is 19.4 Å². The van der Waals surface area contributed by atoms with E-state index in [4.69, 9.17) is 9.47 Å². The Bertz CT molecular complexity index is 492. The van der Waals surface area contributed by atoms with Crippen LogP contribution in [-0.2, 0) is 14.3 Å². The number of hydrogen-bond donors (Lipinski definition) is 0. The predicted octanol–water partition coefficient (Wildman–Crippen LogP) is 1.70. The van der Waals surface area contributed by atoms with Gasteiger partial charge in [-0.15, -0.1) is 6.58 Å². The Morgan fingerprint density at radius 1 is 1.52 bits per heavy atom. The van der Waals surface area contributed by atoms with E-state index < -0.39 is 11.2 Å². The number of piperidine rings is 1. The van der Waals surface area contributed by atoms with Crippen molar-refractivity contribution in [3.05, 3.63) is 12.7 Å². The minimum atomic E-state index is -1.01. The lowest BCUT2D eigenvalue weighted by Gasteiger charge is -2.51. The molecular formula is C16H22N2O3. The van der Waals surface area contributed by atoms with E-state index >= 15 is 0 Å². The van der Waals surface area contributed by atoms with Crippen LogP contribution in [0.15, 0.2) is 12.7 Å². The predicted molar refractivity (Wildman–Crippen MR) is 76.0 cm³/mol. The number of ether oxygens (including phenoxy) is 2. The van der Waals surface area contributed by atoms with Gasteiger partial charge in [-0.3, -0.25) is 4.79 Å². The molecule has 2 aliphatic heterocycles. The van der Waals surface area contributed by atoms with Gasteiger partial charge in [0.05, 0.1) is 19.3 Å². The van der Waals surface area contributed by atoms with Crippen molar-refractivity contribution in [3.63, 3.8) is 0 Å². The summed E-state index contributed by atoms with van der Waals surface area (Å²) in [6, 6.07) is 2.33. The molecule has 2 heterocycles. The SMILES string of the molecule is C=CC[C@]1(C#N)C(=O)N(C)C[C@H]2CCC3(C[C@H]21)OCCO3. The van der Waals surface area contributed by atoms with Crippen LogP contribution in [0.3, 0.4) is 0 Å². The number of carbonyl (C=O) groups excluding carboxylic acids is 1. The normalized spacial score (nSPS) is 38.1. The fourth-order valence-electron chi connectivity index (χ4n) is 4.34. The molecule has 5 nitrogen and oxygen atoms in total. The van der Waals surface area contributed by atoms with Crippen LogP contribution in [0.2, 0.25) is 0 Å². The van der Waals surface area contributed by atoms with Gasteiger partial charge in [0.15, 0.2) is 5.79 Å². The summed E-state index contributed by atoms with van der Waals surface area (Å²) < 4.78 is 11.7. The molecule has 3 atom stereocenters. The number of fused-ring (bicyclic) bond motifs is 1. The van der Waals surface area contributed by atoms with Gasteiger partial charge in [-0.05, 0) is 24.7 Å². The van der Waals surface area contributed by atoms with Crippen LogP contribution in [0.5, 0.6) is 0 Å². The molecule has 114 valence electrons. The number of nitriles is 1. The summed E-state index contributed by atoms with van der Waals surface area (Å²) in [6.07, 6.45) is 4.51. The van der Waals surface area contributed by atoms with Crippen LogP contribution in [0.1, 0.15) is 25.7 Å². The highest BCUT2D eigenvalue weighted by molar-refractivity contribution is 5.87. The number of nitrogens with zero attached hydrogens (tertiary/aromatic N) is 2. The molecule has 3 aliphatic rings. The maximum atomic E-state index is 12.7. The molecule has 0 unspecified atom stereocenters. The molecule has 1 aliphatic carbocycles. The van der Waals surface area contributed by atoms with Crippen LogP contribution in [-0.4, -0.2) is 43.4 Å². The summed E-state index contributed by atoms with van der Waals surface area (Å²) in [5, 5.41) is 9.80. The smallest absolute Gasteiger partial charge is 0.243 e. The largest absolute Gasteiger partial charge is 0.348 e. The van der Waals surface area contributed by atoms with E-state index in [-0.39, 0.29) is 11.8 Å². The van der Waals surface area contributed by atoms with Crippen molar-refractivity contribution in [2.45, 2.75) is 31.5 Å². The van der Waals surface area contributed by atoms with Gasteiger partial charge >= 0.3 is 0 Å². The fraction of sp³-hybridized carbons (Fsp3) is 0.750. The molecule has 2 saturated heterocycles. The Hall–Kier alpha value is -1.38. The Labute approximate surface area is 125 Å². The highest BCUT2D eigenvalue weighted by Crippen LogP contribution is 2.53. The number of hydrogen-bond acceptors (Lipinski definition) is 4. The molecule has 1 saturated carbocycles. The number of allylic oxidation sites excluding steroid dienone is 1. The summed E-state index contributed by atoms with van der Waals surface area (Å²) in [7, 11) is 1.79. The number of likely N-dealkylation sites (tertiary alicyclic amines) is 1. The number of rotatable bonds is 2. The maximum absolute atomic E-state index is 12.7. The van der Waals surface area contributed by atoms with Gasteiger partial charge < -0.3 is 14.4 Å². The van der Waals surface area contributed by atoms with Crippen LogP contribution in [0, 0.1) is 28.6 Å². The standard InChI is InChI=1S/C16H22N2O3/c1-3-5-15(11-17)13-9-16(20-7-8-21-16)6-4-12(13)10-18(2)14(15)19/h3,12-13H,1,4-10H2,2H3/t12-,13-,15-/m1/s1. The molecule has 0 radical (unpaired) electrons. The van der Waals surface area contributed by atoms with Gasteiger partial charge in [-0.2, -0.15) is 5.26 Å². The molecule has 3 fully saturated rings. The lowest BCUT2D eigenvalue weighted by molar-refractivity contribution is -0.211. The summed E-state index contributed by atoms with van der Waals surface area (Å²) >= 11 is 0. The van der Waals surface area contributed by atoms with Gasteiger partial charge in [0, 0.05) is 26.4 Å². The fourth-order valence-corrected chi connectivity index (χ4v) is 4.34. The monoisotopic (exact) mass is 290 g/mol. The summed E-state index contributed by atoms with van der Waals surface area (Å²) in [5.74, 6) is -0.330. The van der Waals surface area contributed by atoms with Crippen molar-refractivity contribution in [3.8, 4) is 6.07 Å². The van der Waals surface area contributed by atoms with Crippen molar-refractivity contribution < 1.29 is 14.3 Å². The Morgan fingerprint density at radius 3 is 2.86 bits per heavy atom. The molecule has 5 heteroatoms. The molecule has 0 aromatic heterocycles. The highest BCUT2D eigenvalue weighted by atomic mass is 16.7. The molecule has 1 amide bonds. The van der Waals surface area contributed by atoms with Gasteiger partial charge in [0.2, 0.25) is 5.91 Å². The van der Waals surface area contributed by atoms with Crippen LogP contribution in [0.4, 0.5) is 0 Å². The van der Waals surface area contributed by atoms with Gasteiger partial charge in [0.25, 0.3) is 0 Å². The van der Waals surface area contributed by atoms with E-state index in [1.54, 1.807) is 18.0 Å². The lowest BCUT2D eigenvalue weighted by atomic mass is 9.59. The lowest BCUT2D eigenvalue weighted by Crippen LogP contribution is -2.59. The summed E-state index contributed by atoms with van der Waals surface area (Å²) in [5.41, 5.74) is -1.01. The van der Waals surface area contributed by atoms with Crippen LogP contribution in [0.25, 0.3) is 0 Å². The quantitative estimate of drug-likeness (QED) is 0.726. The topological polar surface area (TPSA) is 62.6 Å².